The van der Waals surface area contributed by atoms with Crippen molar-refractivity contribution in [3.05, 3.63) is 54.1 Å². The van der Waals surface area contributed by atoms with Crippen LogP contribution in [-0.4, -0.2) is 25.3 Å². The summed E-state index contributed by atoms with van der Waals surface area (Å²) >= 11 is 0. The number of ether oxygens (including phenoxy) is 1. The van der Waals surface area contributed by atoms with Crippen molar-refractivity contribution >= 4 is 23.1 Å². The van der Waals surface area contributed by atoms with E-state index in [0.29, 0.717) is 17.0 Å². The van der Waals surface area contributed by atoms with Crippen molar-refractivity contribution < 1.29 is 14.3 Å². The number of ketones is 1. The van der Waals surface area contributed by atoms with Crippen LogP contribution in [0.1, 0.15) is 17.3 Å². The molecule has 0 spiro atoms. The summed E-state index contributed by atoms with van der Waals surface area (Å²) in [6.07, 6.45) is 0. The molecule has 114 valence electrons. The first-order valence-electron chi connectivity index (χ1n) is 6.88. The van der Waals surface area contributed by atoms with E-state index < -0.39 is 0 Å². The number of para-hydroxylation sites is 2. The standard InChI is InChI=1S/C17H18N2O3/c1-12(20)13-7-9-14(10-8-13)19-17(21)11-18-15-5-3-4-6-16(15)22-2/h3-10,18H,11H2,1-2H3,(H,19,21). The predicted molar refractivity (Wildman–Crippen MR) is 86.6 cm³/mol. The number of carbonyl (C=O) groups excluding carboxylic acids is 2. The highest BCUT2D eigenvalue weighted by molar-refractivity contribution is 5.96. The zero-order chi connectivity index (χ0) is 15.9. The van der Waals surface area contributed by atoms with E-state index in [9.17, 15) is 9.59 Å². The van der Waals surface area contributed by atoms with Gasteiger partial charge in [0.2, 0.25) is 5.91 Å². The minimum Gasteiger partial charge on any atom is -0.495 e. The van der Waals surface area contributed by atoms with Gasteiger partial charge in [-0.1, -0.05) is 12.1 Å². The molecule has 0 radical (unpaired) electrons. The summed E-state index contributed by atoms with van der Waals surface area (Å²) in [5.41, 5.74) is 2.02. The highest BCUT2D eigenvalue weighted by Gasteiger charge is 2.06. The smallest absolute Gasteiger partial charge is 0.243 e. The molecule has 22 heavy (non-hydrogen) atoms. The van der Waals surface area contributed by atoms with Crippen molar-refractivity contribution in [3.8, 4) is 5.75 Å². The lowest BCUT2D eigenvalue weighted by Gasteiger charge is -2.11. The molecule has 0 saturated carbocycles. The second-order valence-corrected chi connectivity index (χ2v) is 4.74. The molecule has 0 aliphatic heterocycles. The van der Waals surface area contributed by atoms with Crippen molar-refractivity contribution in [1.29, 1.82) is 0 Å². The molecule has 0 atom stereocenters. The molecule has 5 heteroatoms. The SMILES string of the molecule is COc1ccccc1NCC(=O)Nc1ccc(C(C)=O)cc1. The quantitative estimate of drug-likeness (QED) is 0.805. The van der Waals surface area contributed by atoms with Crippen molar-refractivity contribution in [2.45, 2.75) is 6.92 Å². The number of amides is 1. The van der Waals surface area contributed by atoms with Crippen LogP contribution in [0.25, 0.3) is 0 Å². The summed E-state index contributed by atoms with van der Waals surface area (Å²) in [7, 11) is 1.58. The second-order valence-electron chi connectivity index (χ2n) is 4.74. The van der Waals surface area contributed by atoms with Gasteiger partial charge in [-0.15, -0.1) is 0 Å². The molecule has 0 saturated heterocycles. The van der Waals surface area contributed by atoms with Crippen LogP contribution >= 0.6 is 0 Å². The van der Waals surface area contributed by atoms with Crippen LogP contribution in [0.4, 0.5) is 11.4 Å². The molecule has 0 aliphatic carbocycles. The molecular formula is C17H18N2O3. The van der Waals surface area contributed by atoms with E-state index in [1.54, 1.807) is 31.4 Å². The number of rotatable bonds is 6. The minimum atomic E-state index is -0.179. The summed E-state index contributed by atoms with van der Waals surface area (Å²) in [5.74, 6) is 0.498. The predicted octanol–water partition coefficient (Wildman–Crippen LogP) is 2.95. The number of hydrogen-bond donors (Lipinski definition) is 2. The Labute approximate surface area is 129 Å². The number of carbonyl (C=O) groups is 2. The number of hydrogen-bond acceptors (Lipinski definition) is 4. The topological polar surface area (TPSA) is 67.4 Å². The third kappa shape index (κ3) is 4.09. The van der Waals surface area contributed by atoms with Gasteiger partial charge in [0.15, 0.2) is 5.78 Å². The fourth-order valence-corrected chi connectivity index (χ4v) is 1.96. The Morgan fingerprint density at radius 2 is 1.73 bits per heavy atom. The van der Waals surface area contributed by atoms with Crippen molar-refractivity contribution in [2.75, 3.05) is 24.3 Å². The fourth-order valence-electron chi connectivity index (χ4n) is 1.96. The van der Waals surface area contributed by atoms with Gasteiger partial charge in [0.25, 0.3) is 0 Å². The number of Topliss-reactive ketones (excluding diaryl/α,β-unsaturated/α-hetero) is 1. The zero-order valence-corrected chi connectivity index (χ0v) is 12.6. The van der Waals surface area contributed by atoms with Gasteiger partial charge in [0, 0.05) is 11.3 Å². The lowest BCUT2D eigenvalue weighted by molar-refractivity contribution is -0.114. The van der Waals surface area contributed by atoms with Gasteiger partial charge in [-0.3, -0.25) is 9.59 Å². The summed E-state index contributed by atoms with van der Waals surface area (Å²) in [5, 5.41) is 5.78. The lowest BCUT2D eigenvalue weighted by Crippen LogP contribution is -2.21. The molecule has 1 amide bonds. The van der Waals surface area contributed by atoms with Crippen LogP contribution in [0.5, 0.6) is 5.75 Å². The van der Waals surface area contributed by atoms with Crippen LogP contribution in [-0.2, 0) is 4.79 Å². The van der Waals surface area contributed by atoms with Crippen molar-refractivity contribution in [2.24, 2.45) is 0 Å². The molecule has 0 fully saturated rings. The average Bonchev–Trinajstić information content (AvgIpc) is 2.53. The summed E-state index contributed by atoms with van der Waals surface area (Å²) in [6, 6.07) is 14.2. The fraction of sp³-hybridized carbons (Fsp3) is 0.176. The third-order valence-corrected chi connectivity index (χ3v) is 3.12. The van der Waals surface area contributed by atoms with Crippen molar-refractivity contribution in [3.63, 3.8) is 0 Å². The monoisotopic (exact) mass is 298 g/mol. The Bertz CT molecular complexity index is 666. The second kappa shape index (κ2) is 7.26. The Hall–Kier alpha value is -2.82. The molecular weight excluding hydrogens is 280 g/mol. The maximum Gasteiger partial charge on any atom is 0.243 e. The first-order valence-corrected chi connectivity index (χ1v) is 6.88. The molecule has 2 aromatic rings. The van der Waals surface area contributed by atoms with Gasteiger partial charge in [0.05, 0.1) is 19.3 Å². The lowest BCUT2D eigenvalue weighted by atomic mass is 10.1. The number of benzene rings is 2. The van der Waals surface area contributed by atoms with Gasteiger partial charge >= 0.3 is 0 Å². The molecule has 2 rings (SSSR count). The zero-order valence-electron chi connectivity index (χ0n) is 12.6. The number of anilines is 2. The third-order valence-electron chi connectivity index (χ3n) is 3.12. The highest BCUT2D eigenvalue weighted by Crippen LogP contribution is 2.22. The Morgan fingerprint density at radius 3 is 2.36 bits per heavy atom. The summed E-state index contributed by atoms with van der Waals surface area (Å²) in [6.45, 7) is 1.62. The average molecular weight is 298 g/mol. The van der Waals surface area contributed by atoms with Gasteiger partial charge in [-0.2, -0.15) is 0 Å². The van der Waals surface area contributed by atoms with E-state index in [0.717, 1.165) is 5.69 Å². The largest absolute Gasteiger partial charge is 0.495 e. The molecule has 5 nitrogen and oxygen atoms in total. The van der Waals surface area contributed by atoms with Crippen LogP contribution in [0.15, 0.2) is 48.5 Å². The molecule has 0 bridgehead atoms. The molecule has 0 aromatic heterocycles. The molecule has 0 heterocycles. The molecule has 2 N–H and O–H groups in total. The first kappa shape index (κ1) is 15.6. The highest BCUT2D eigenvalue weighted by atomic mass is 16.5. The Morgan fingerprint density at radius 1 is 1.05 bits per heavy atom. The summed E-state index contributed by atoms with van der Waals surface area (Å²) in [4.78, 5) is 23.1. The number of nitrogens with one attached hydrogen (secondary N) is 2. The van der Waals surface area contributed by atoms with Crippen LogP contribution in [0, 0.1) is 0 Å². The van der Waals surface area contributed by atoms with E-state index in [1.165, 1.54) is 6.92 Å². The van der Waals surface area contributed by atoms with Crippen LogP contribution < -0.4 is 15.4 Å². The maximum absolute atomic E-state index is 11.9. The normalized spacial score (nSPS) is 9.91. The van der Waals surface area contributed by atoms with Crippen LogP contribution in [0.3, 0.4) is 0 Å². The van der Waals surface area contributed by atoms with E-state index in [1.807, 2.05) is 24.3 Å². The molecule has 0 unspecified atom stereocenters. The van der Waals surface area contributed by atoms with Gasteiger partial charge in [-0.25, -0.2) is 0 Å². The Kier molecular flexibility index (Phi) is 5.14. The first-order chi connectivity index (χ1) is 10.6. The van der Waals surface area contributed by atoms with E-state index >= 15 is 0 Å². The maximum atomic E-state index is 11.9. The summed E-state index contributed by atoms with van der Waals surface area (Å²) < 4.78 is 5.21. The van der Waals surface area contributed by atoms with Crippen LogP contribution in [0.2, 0.25) is 0 Å². The van der Waals surface area contributed by atoms with E-state index in [-0.39, 0.29) is 18.2 Å². The van der Waals surface area contributed by atoms with Gasteiger partial charge in [-0.05, 0) is 43.3 Å². The van der Waals surface area contributed by atoms with Crippen molar-refractivity contribution in [1.82, 2.24) is 0 Å². The van der Waals surface area contributed by atoms with Gasteiger partial charge < -0.3 is 15.4 Å². The van der Waals surface area contributed by atoms with Gasteiger partial charge in [0.1, 0.15) is 5.75 Å². The number of methoxy groups -OCH3 is 1. The Balaban J connectivity index is 1.91. The minimum absolute atomic E-state index is 0.00397. The van der Waals surface area contributed by atoms with E-state index in [2.05, 4.69) is 10.6 Å². The molecule has 2 aromatic carbocycles. The molecule has 0 aliphatic rings. The van der Waals surface area contributed by atoms with E-state index in [4.69, 9.17) is 4.74 Å².